The lowest BCUT2D eigenvalue weighted by Gasteiger charge is -2.52. The van der Waals surface area contributed by atoms with E-state index < -0.39 is 5.54 Å². The molecule has 7 rings (SSSR count). The lowest BCUT2D eigenvalue weighted by Crippen LogP contribution is -2.71. The molecule has 9 heteroatoms. The summed E-state index contributed by atoms with van der Waals surface area (Å²) in [5.74, 6) is 2.53. The van der Waals surface area contributed by atoms with E-state index in [4.69, 9.17) is 23.7 Å². The van der Waals surface area contributed by atoms with Crippen molar-refractivity contribution in [2.24, 2.45) is 0 Å². The molecule has 1 saturated heterocycles. The van der Waals surface area contributed by atoms with Crippen LogP contribution in [0.2, 0.25) is 0 Å². The number of amides is 2. The molecule has 9 nitrogen and oxygen atoms in total. The minimum Gasteiger partial charge on any atom is -0.489 e. The zero-order valence-corrected chi connectivity index (χ0v) is 20.4. The first-order valence-electron chi connectivity index (χ1n) is 12.5. The van der Waals surface area contributed by atoms with Gasteiger partial charge in [0.15, 0.2) is 28.5 Å². The van der Waals surface area contributed by atoms with Crippen molar-refractivity contribution < 1.29 is 33.3 Å². The summed E-state index contributed by atoms with van der Waals surface area (Å²) in [5, 5.41) is 3.02. The van der Waals surface area contributed by atoms with Crippen LogP contribution in [-0.4, -0.2) is 50.4 Å². The van der Waals surface area contributed by atoms with Crippen LogP contribution in [0.3, 0.4) is 0 Å². The number of β-lactam (4-membered cyclic amide) rings is 1. The molecule has 0 spiro atoms. The minimum absolute atomic E-state index is 0.00477. The fraction of sp³-hybridized carbons (Fsp3) is 0.241. The van der Waals surface area contributed by atoms with Gasteiger partial charge in [-0.05, 0) is 36.4 Å². The third kappa shape index (κ3) is 3.53. The highest BCUT2D eigenvalue weighted by molar-refractivity contribution is 6.19. The quantitative estimate of drug-likeness (QED) is 0.531. The van der Waals surface area contributed by atoms with Gasteiger partial charge in [-0.3, -0.25) is 14.5 Å². The van der Waals surface area contributed by atoms with Crippen molar-refractivity contribution in [1.82, 2.24) is 0 Å². The monoisotopic (exact) mass is 512 g/mol. The van der Waals surface area contributed by atoms with E-state index in [0.29, 0.717) is 66.4 Å². The fourth-order valence-electron chi connectivity index (χ4n) is 5.33. The molecule has 1 atom stereocenters. The van der Waals surface area contributed by atoms with E-state index in [1.165, 1.54) is 4.90 Å². The molecule has 4 aliphatic heterocycles. The number of benzene rings is 3. The maximum absolute atomic E-state index is 14.2. The summed E-state index contributed by atoms with van der Waals surface area (Å²) in [4.78, 5) is 28.9. The maximum Gasteiger partial charge on any atom is 0.255 e. The van der Waals surface area contributed by atoms with Crippen LogP contribution in [0.5, 0.6) is 28.7 Å². The number of carbonyl (C=O) groups is 2. The van der Waals surface area contributed by atoms with E-state index in [0.717, 1.165) is 11.3 Å². The van der Waals surface area contributed by atoms with Gasteiger partial charge in [0, 0.05) is 34.6 Å². The maximum atomic E-state index is 14.2. The second-order valence-corrected chi connectivity index (χ2v) is 9.40. The molecule has 3 aromatic carbocycles. The van der Waals surface area contributed by atoms with Crippen LogP contribution in [0.25, 0.3) is 6.08 Å². The Morgan fingerprint density at radius 2 is 1.45 bits per heavy atom. The number of para-hydroxylation sites is 1. The third-order valence-electron chi connectivity index (χ3n) is 7.16. The number of rotatable bonds is 4. The predicted molar refractivity (Wildman–Crippen MR) is 138 cm³/mol. The Labute approximate surface area is 218 Å². The third-order valence-corrected chi connectivity index (χ3v) is 7.16. The van der Waals surface area contributed by atoms with Gasteiger partial charge in [0.05, 0.1) is 6.42 Å². The number of hydrogen-bond donors (Lipinski definition) is 1. The van der Waals surface area contributed by atoms with E-state index in [1.807, 2.05) is 30.3 Å². The van der Waals surface area contributed by atoms with Crippen LogP contribution in [0, 0.1) is 0 Å². The molecular weight excluding hydrogens is 488 g/mol. The van der Waals surface area contributed by atoms with Gasteiger partial charge in [0.1, 0.15) is 38.8 Å². The highest BCUT2D eigenvalue weighted by Gasteiger charge is 2.60. The zero-order valence-electron chi connectivity index (χ0n) is 20.4. The first kappa shape index (κ1) is 22.5. The molecule has 1 unspecified atom stereocenters. The molecule has 38 heavy (non-hydrogen) atoms. The number of nitrogens with one attached hydrogen (secondary N) is 1. The highest BCUT2D eigenvalue weighted by Crippen LogP contribution is 2.47. The van der Waals surface area contributed by atoms with Crippen LogP contribution in [0.4, 0.5) is 11.4 Å². The Bertz CT molecular complexity index is 1500. The van der Waals surface area contributed by atoms with E-state index >= 15 is 0 Å². The van der Waals surface area contributed by atoms with Gasteiger partial charge in [0.25, 0.3) is 5.91 Å². The number of anilines is 2. The summed E-state index contributed by atoms with van der Waals surface area (Å²) < 4.78 is 28.7. The van der Waals surface area contributed by atoms with E-state index in [2.05, 4.69) is 5.32 Å². The summed E-state index contributed by atoms with van der Waals surface area (Å²) in [6.45, 7) is 1.95. The Morgan fingerprint density at radius 1 is 0.763 bits per heavy atom. The normalized spacial score (nSPS) is 20.9. The number of hydrogen-bond acceptors (Lipinski definition) is 7. The van der Waals surface area contributed by atoms with Crippen molar-refractivity contribution >= 4 is 29.3 Å². The Kier molecular flexibility index (Phi) is 5.17. The van der Waals surface area contributed by atoms with Gasteiger partial charge in [-0.15, -0.1) is 0 Å². The molecule has 3 aromatic rings. The van der Waals surface area contributed by atoms with Gasteiger partial charge < -0.3 is 29.0 Å². The summed E-state index contributed by atoms with van der Waals surface area (Å²) in [6.07, 6.45) is 1.94. The second kappa shape index (κ2) is 8.72. The summed E-state index contributed by atoms with van der Waals surface area (Å²) >= 11 is 0. The number of carbonyl (C=O) groups excluding carboxylic acids is 2. The average Bonchev–Trinajstić information content (AvgIpc) is 2.95. The number of fused-ring (bicyclic) bond motifs is 3. The molecule has 4 aliphatic rings. The molecule has 1 fully saturated rings. The van der Waals surface area contributed by atoms with Crippen molar-refractivity contribution in [1.29, 1.82) is 0 Å². The van der Waals surface area contributed by atoms with Gasteiger partial charge in [0.2, 0.25) is 5.91 Å². The SMILES string of the molecule is O=C1CC(C(=O)Nc2ccc3c(c2)OCCO3)(C2=Cc3ccccc3OC2)N1c1ccc2c(c1)OCCO2. The zero-order chi connectivity index (χ0) is 25.7. The first-order valence-corrected chi connectivity index (χ1v) is 12.5. The Morgan fingerprint density at radius 3 is 2.21 bits per heavy atom. The summed E-state index contributed by atoms with van der Waals surface area (Å²) in [6, 6.07) is 18.2. The lowest BCUT2D eigenvalue weighted by atomic mass is 9.74. The summed E-state index contributed by atoms with van der Waals surface area (Å²) in [5.41, 5.74) is 1.31. The standard InChI is InChI=1S/C29H24N2O7/c32-27-16-29(19-13-18-3-1-2-4-22(18)38-17-19,31(27)21-6-8-24-26(15-21)37-12-10-35-24)28(33)30-20-5-7-23-25(14-20)36-11-9-34-23/h1-8,13-15H,9-12,16-17H2,(H,30,33). The van der Waals surface area contributed by atoms with Crippen LogP contribution in [0.1, 0.15) is 12.0 Å². The number of nitrogens with zero attached hydrogens (tertiary/aromatic N) is 1. The molecule has 0 aliphatic carbocycles. The highest BCUT2D eigenvalue weighted by atomic mass is 16.6. The van der Waals surface area contributed by atoms with Crippen LogP contribution < -0.4 is 33.9 Å². The molecule has 1 N–H and O–H groups in total. The lowest BCUT2D eigenvalue weighted by molar-refractivity contribution is -0.135. The molecule has 4 heterocycles. The van der Waals surface area contributed by atoms with Gasteiger partial charge in [-0.25, -0.2) is 0 Å². The van der Waals surface area contributed by atoms with Gasteiger partial charge in [-0.2, -0.15) is 0 Å². The van der Waals surface area contributed by atoms with Crippen molar-refractivity contribution in [3.8, 4) is 28.7 Å². The second-order valence-electron chi connectivity index (χ2n) is 9.40. The van der Waals surface area contributed by atoms with Crippen molar-refractivity contribution in [3.63, 3.8) is 0 Å². The molecule has 0 aromatic heterocycles. The first-order chi connectivity index (χ1) is 18.6. The molecule has 0 radical (unpaired) electrons. The largest absolute Gasteiger partial charge is 0.489 e. The molecule has 0 bridgehead atoms. The average molecular weight is 513 g/mol. The Hall–Kier alpha value is -4.66. The van der Waals surface area contributed by atoms with Gasteiger partial charge >= 0.3 is 0 Å². The topological polar surface area (TPSA) is 95.6 Å². The van der Waals surface area contributed by atoms with E-state index in [9.17, 15) is 9.59 Å². The molecule has 0 saturated carbocycles. The minimum atomic E-state index is -1.30. The van der Waals surface area contributed by atoms with Crippen molar-refractivity contribution in [2.75, 3.05) is 43.3 Å². The number of ether oxygens (including phenoxy) is 5. The van der Waals surface area contributed by atoms with Crippen LogP contribution in [-0.2, 0) is 9.59 Å². The predicted octanol–water partition coefficient (Wildman–Crippen LogP) is 3.82. The van der Waals surface area contributed by atoms with Crippen LogP contribution in [0.15, 0.2) is 66.2 Å². The van der Waals surface area contributed by atoms with Gasteiger partial charge in [-0.1, -0.05) is 18.2 Å². The van der Waals surface area contributed by atoms with E-state index in [1.54, 1.807) is 36.4 Å². The molecule has 192 valence electrons. The molecular formula is C29H24N2O7. The summed E-state index contributed by atoms with van der Waals surface area (Å²) in [7, 11) is 0. The van der Waals surface area contributed by atoms with Crippen molar-refractivity contribution in [2.45, 2.75) is 12.0 Å². The molecule has 2 amide bonds. The Balaban J connectivity index is 1.30. The van der Waals surface area contributed by atoms with Crippen LogP contribution >= 0.6 is 0 Å². The van der Waals surface area contributed by atoms with Crippen molar-refractivity contribution in [3.05, 3.63) is 71.8 Å². The van der Waals surface area contributed by atoms with E-state index in [-0.39, 0.29) is 24.8 Å². The fourth-order valence-corrected chi connectivity index (χ4v) is 5.33. The smallest absolute Gasteiger partial charge is 0.255 e.